The second-order valence-electron chi connectivity index (χ2n) is 7.88. The van der Waals surface area contributed by atoms with E-state index in [-0.39, 0.29) is 66.0 Å². The molecule has 1 saturated carbocycles. The Morgan fingerprint density at radius 3 is 2.16 bits per heavy atom. The molecule has 168 valence electrons. The van der Waals surface area contributed by atoms with Crippen molar-refractivity contribution in [2.75, 3.05) is 20.1 Å². The van der Waals surface area contributed by atoms with Gasteiger partial charge in [-0.15, -0.1) is 24.0 Å². The summed E-state index contributed by atoms with van der Waals surface area (Å²) >= 11 is 0. The number of imide groups is 1. The summed E-state index contributed by atoms with van der Waals surface area (Å²) in [6.45, 7) is 0.885. The van der Waals surface area contributed by atoms with Crippen LogP contribution in [0.4, 0.5) is 13.2 Å². The van der Waals surface area contributed by atoms with E-state index in [1.165, 1.54) is 17.0 Å². The summed E-state index contributed by atoms with van der Waals surface area (Å²) in [6, 6.07) is 4.89. The fourth-order valence-electron chi connectivity index (χ4n) is 4.69. The van der Waals surface area contributed by atoms with E-state index in [9.17, 15) is 22.8 Å². The second kappa shape index (κ2) is 9.17. The number of carbonyl (C=O) groups is 2. The third-order valence-corrected chi connectivity index (χ3v) is 6.15. The summed E-state index contributed by atoms with van der Waals surface area (Å²) in [5.74, 6) is 0.234. The van der Waals surface area contributed by atoms with E-state index in [2.05, 4.69) is 27.8 Å². The number of amides is 2. The monoisotopic (exact) mass is 548 g/mol. The van der Waals surface area contributed by atoms with Crippen LogP contribution in [0.3, 0.4) is 0 Å². The van der Waals surface area contributed by atoms with Crippen LogP contribution in [0, 0.1) is 23.7 Å². The van der Waals surface area contributed by atoms with Gasteiger partial charge in [0, 0.05) is 26.7 Å². The summed E-state index contributed by atoms with van der Waals surface area (Å²) in [5.41, 5.74) is -0.0197. The first kappa shape index (κ1) is 23.6. The third kappa shape index (κ3) is 4.58. The van der Waals surface area contributed by atoms with E-state index < -0.39 is 11.7 Å². The zero-order valence-electron chi connectivity index (χ0n) is 16.9. The van der Waals surface area contributed by atoms with Crippen molar-refractivity contribution in [3.05, 3.63) is 47.5 Å². The molecule has 4 rings (SSSR count). The van der Waals surface area contributed by atoms with Crippen LogP contribution >= 0.6 is 24.0 Å². The molecule has 2 bridgehead atoms. The van der Waals surface area contributed by atoms with Crippen molar-refractivity contribution in [2.45, 2.75) is 19.1 Å². The number of allylic oxidation sites excluding steroid dienone is 2. The molecule has 1 aliphatic heterocycles. The van der Waals surface area contributed by atoms with E-state index in [0.29, 0.717) is 24.6 Å². The van der Waals surface area contributed by atoms with Gasteiger partial charge in [0.15, 0.2) is 5.96 Å². The zero-order chi connectivity index (χ0) is 21.5. The largest absolute Gasteiger partial charge is 0.416 e. The van der Waals surface area contributed by atoms with Gasteiger partial charge < -0.3 is 10.6 Å². The quantitative estimate of drug-likeness (QED) is 0.195. The molecule has 0 radical (unpaired) electrons. The normalized spacial score (nSPS) is 26.8. The molecule has 2 aliphatic carbocycles. The van der Waals surface area contributed by atoms with Crippen LogP contribution in [0.15, 0.2) is 41.4 Å². The van der Waals surface area contributed by atoms with Crippen LogP contribution in [0.25, 0.3) is 0 Å². The maximum absolute atomic E-state index is 12.7. The van der Waals surface area contributed by atoms with Gasteiger partial charge >= 0.3 is 6.18 Å². The molecule has 4 atom stereocenters. The first-order chi connectivity index (χ1) is 14.3. The number of aliphatic imine (C=N–C) groups is 1. The molecular formula is C21H24F3IN4O2. The molecule has 1 aromatic carbocycles. The van der Waals surface area contributed by atoms with E-state index in [1.54, 1.807) is 7.05 Å². The highest BCUT2D eigenvalue weighted by Gasteiger charge is 2.58. The number of guanidine groups is 1. The Labute approximate surface area is 195 Å². The lowest BCUT2D eigenvalue weighted by molar-refractivity contribution is -0.140. The standard InChI is InChI=1S/C21H23F3N4O2.HI/c1-25-20(27-11-12-2-6-15(7-3-12)21(22,23)24)26-8-9-28-18(29)16-13-4-5-14(10-13)17(16)19(28)30;/h2-7,13-14,16-17H,8-11H2,1H3,(H2,25,26,27);1H. The number of likely N-dealkylation sites (tertiary alicyclic amines) is 1. The minimum absolute atomic E-state index is 0. The topological polar surface area (TPSA) is 73.8 Å². The van der Waals surface area contributed by atoms with E-state index in [1.807, 2.05) is 0 Å². The van der Waals surface area contributed by atoms with Gasteiger partial charge in [-0.1, -0.05) is 24.3 Å². The Balaban J connectivity index is 0.00000272. The van der Waals surface area contributed by atoms with Gasteiger partial charge in [0.1, 0.15) is 0 Å². The second-order valence-corrected chi connectivity index (χ2v) is 7.88. The van der Waals surface area contributed by atoms with Gasteiger partial charge in [-0.2, -0.15) is 13.2 Å². The van der Waals surface area contributed by atoms with Crippen molar-refractivity contribution in [1.29, 1.82) is 0 Å². The molecule has 31 heavy (non-hydrogen) atoms. The number of fused-ring (bicyclic) bond motifs is 5. The van der Waals surface area contributed by atoms with Crippen molar-refractivity contribution in [3.8, 4) is 0 Å². The number of nitrogens with one attached hydrogen (secondary N) is 2. The molecule has 2 fully saturated rings. The van der Waals surface area contributed by atoms with Crippen LogP contribution in [-0.2, 0) is 22.3 Å². The van der Waals surface area contributed by atoms with E-state index >= 15 is 0 Å². The predicted octanol–water partition coefficient (Wildman–Crippen LogP) is 2.80. The minimum atomic E-state index is -4.36. The summed E-state index contributed by atoms with van der Waals surface area (Å²) in [4.78, 5) is 30.7. The Morgan fingerprint density at radius 2 is 1.65 bits per heavy atom. The van der Waals surface area contributed by atoms with Crippen molar-refractivity contribution >= 4 is 41.8 Å². The minimum Gasteiger partial charge on any atom is -0.355 e. The van der Waals surface area contributed by atoms with Crippen LogP contribution in [0.1, 0.15) is 17.5 Å². The van der Waals surface area contributed by atoms with Crippen LogP contribution in [-0.4, -0.2) is 42.8 Å². The van der Waals surface area contributed by atoms with Crippen molar-refractivity contribution in [2.24, 2.45) is 28.7 Å². The molecule has 1 saturated heterocycles. The fourth-order valence-corrected chi connectivity index (χ4v) is 4.69. The molecule has 2 N–H and O–H groups in total. The SMILES string of the molecule is CN=C(NCCN1C(=O)C2C3C=CC(C3)C2C1=O)NCc1ccc(C(F)(F)F)cc1.I. The third-order valence-electron chi connectivity index (χ3n) is 6.15. The fraction of sp³-hybridized carbons (Fsp3) is 0.476. The van der Waals surface area contributed by atoms with Crippen LogP contribution in [0.2, 0.25) is 0 Å². The van der Waals surface area contributed by atoms with Gasteiger partial charge in [-0.25, -0.2) is 0 Å². The number of carbonyl (C=O) groups excluding carboxylic acids is 2. The Morgan fingerprint density at radius 1 is 1.06 bits per heavy atom. The average molecular weight is 548 g/mol. The highest BCUT2D eigenvalue weighted by atomic mass is 127. The molecule has 4 unspecified atom stereocenters. The number of hydrogen-bond acceptors (Lipinski definition) is 3. The van der Waals surface area contributed by atoms with Gasteiger partial charge in [-0.05, 0) is 36.0 Å². The number of hydrogen-bond donors (Lipinski definition) is 2. The highest BCUT2D eigenvalue weighted by molar-refractivity contribution is 14.0. The predicted molar refractivity (Wildman–Crippen MR) is 119 cm³/mol. The van der Waals surface area contributed by atoms with E-state index in [0.717, 1.165) is 18.6 Å². The Kier molecular flexibility index (Phi) is 6.97. The number of benzene rings is 1. The summed E-state index contributed by atoms with van der Waals surface area (Å²) in [7, 11) is 1.57. The lowest BCUT2D eigenvalue weighted by Gasteiger charge is -2.18. The molecule has 10 heteroatoms. The zero-order valence-corrected chi connectivity index (χ0v) is 19.2. The maximum atomic E-state index is 12.7. The number of nitrogens with zero attached hydrogens (tertiary/aromatic N) is 2. The molecule has 6 nitrogen and oxygen atoms in total. The first-order valence-corrected chi connectivity index (χ1v) is 9.94. The summed E-state index contributed by atoms with van der Waals surface area (Å²) in [5, 5.41) is 6.06. The van der Waals surface area contributed by atoms with Crippen LogP contribution < -0.4 is 10.6 Å². The number of halogens is 4. The Hall–Kier alpha value is -2.11. The van der Waals surface area contributed by atoms with Crippen molar-refractivity contribution in [1.82, 2.24) is 15.5 Å². The molecule has 3 aliphatic rings. The average Bonchev–Trinajstić information content (AvgIpc) is 3.39. The van der Waals surface area contributed by atoms with Crippen molar-refractivity contribution < 1.29 is 22.8 Å². The van der Waals surface area contributed by atoms with E-state index in [4.69, 9.17) is 0 Å². The van der Waals surface area contributed by atoms with Gasteiger partial charge in [0.2, 0.25) is 11.8 Å². The number of alkyl halides is 3. The Bertz CT molecular complexity index is 871. The summed E-state index contributed by atoms with van der Waals surface area (Å²) < 4.78 is 37.9. The lowest BCUT2D eigenvalue weighted by atomic mass is 9.85. The van der Waals surface area contributed by atoms with Gasteiger partial charge in [0.25, 0.3) is 0 Å². The molecule has 1 aromatic rings. The molecule has 0 aromatic heterocycles. The van der Waals surface area contributed by atoms with Crippen LogP contribution in [0.5, 0.6) is 0 Å². The maximum Gasteiger partial charge on any atom is 0.416 e. The molecule has 0 spiro atoms. The summed E-state index contributed by atoms with van der Waals surface area (Å²) in [6.07, 6.45) is 0.666. The van der Waals surface area contributed by atoms with Gasteiger partial charge in [0.05, 0.1) is 17.4 Å². The van der Waals surface area contributed by atoms with Gasteiger partial charge in [-0.3, -0.25) is 19.5 Å². The first-order valence-electron chi connectivity index (χ1n) is 9.94. The smallest absolute Gasteiger partial charge is 0.355 e. The lowest BCUT2D eigenvalue weighted by Crippen LogP contribution is -2.43. The molecule has 1 heterocycles. The highest BCUT2D eigenvalue weighted by Crippen LogP contribution is 2.52. The molecule has 2 amide bonds. The number of rotatable bonds is 5. The van der Waals surface area contributed by atoms with Crippen molar-refractivity contribution in [3.63, 3.8) is 0 Å². The molecular weight excluding hydrogens is 524 g/mol.